The topological polar surface area (TPSA) is 89.0 Å². The van der Waals surface area contributed by atoms with Crippen molar-refractivity contribution in [3.05, 3.63) is 54.5 Å². The van der Waals surface area contributed by atoms with Crippen molar-refractivity contribution < 1.29 is 9.53 Å². The van der Waals surface area contributed by atoms with Crippen molar-refractivity contribution in [1.82, 2.24) is 24.4 Å². The summed E-state index contributed by atoms with van der Waals surface area (Å²) in [5, 5.41) is 4.51. The van der Waals surface area contributed by atoms with Gasteiger partial charge in [0.15, 0.2) is 5.65 Å². The maximum absolute atomic E-state index is 11.3. The smallest absolute Gasteiger partial charge is 0.231 e. The summed E-state index contributed by atoms with van der Waals surface area (Å²) in [6.45, 7) is 5.05. The van der Waals surface area contributed by atoms with Crippen molar-refractivity contribution >= 4 is 11.6 Å². The van der Waals surface area contributed by atoms with Gasteiger partial charge in [0.05, 0.1) is 24.9 Å². The largest absolute Gasteiger partial charge is 0.371 e. The third kappa shape index (κ3) is 3.81. The van der Waals surface area contributed by atoms with Crippen LogP contribution in [0.1, 0.15) is 12.0 Å². The van der Waals surface area contributed by atoms with Gasteiger partial charge in [0.25, 0.3) is 0 Å². The number of benzene rings is 1. The van der Waals surface area contributed by atoms with Gasteiger partial charge in [-0.25, -0.2) is 9.50 Å². The quantitative estimate of drug-likeness (QED) is 0.684. The minimum Gasteiger partial charge on any atom is -0.371 e. The highest BCUT2D eigenvalue weighted by Crippen LogP contribution is 2.30. The Kier molecular flexibility index (Phi) is 4.98. The Balaban J connectivity index is 1.28. The summed E-state index contributed by atoms with van der Waals surface area (Å²) in [6, 6.07) is 10.2. The van der Waals surface area contributed by atoms with E-state index in [1.165, 1.54) is 0 Å². The second kappa shape index (κ2) is 7.79. The summed E-state index contributed by atoms with van der Waals surface area (Å²) in [4.78, 5) is 20.5. The van der Waals surface area contributed by atoms with Crippen LogP contribution in [-0.2, 0) is 16.1 Å². The van der Waals surface area contributed by atoms with Gasteiger partial charge in [-0.1, -0.05) is 30.3 Å². The molecule has 1 atom stereocenters. The highest BCUT2D eigenvalue weighted by Gasteiger charge is 2.42. The van der Waals surface area contributed by atoms with E-state index in [1.54, 1.807) is 0 Å². The van der Waals surface area contributed by atoms with E-state index in [4.69, 9.17) is 15.5 Å². The molecule has 0 saturated carbocycles. The number of aromatic nitrogens is 3. The number of fused-ring (bicyclic) bond motifs is 1. The van der Waals surface area contributed by atoms with Gasteiger partial charge in [0, 0.05) is 56.2 Å². The molecule has 2 aliphatic heterocycles. The lowest BCUT2D eigenvalue weighted by molar-refractivity contribution is -0.127. The van der Waals surface area contributed by atoms with Crippen LogP contribution in [0.2, 0.25) is 0 Å². The number of morpholine rings is 1. The lowest BCUT2D eigenvalue weighted by atomic mass is 10.0. The molecule has 2 N–H and O–H groups in total. The predicted molar refractivity (Wildman–Crippen MR) is 113 cm³/mol. The number of primary amides is 1. The second-order valence-electron chi connectivity index (χ2n) is 8.32. The molecule has 8 heteroatoms. The summed E-state index contributed by atoms with van der Waals surface area (Å²) in [7, 11) is 0. The molecule has 1 spiro atoms. The Morgan fingerprint density at radius 2 is 1.97 bits per heavy atom. The number of nitrogens with zero attached hydrogens (tertiary/aromatic N) is 5. The fourth-order valence-corrected chi connectivity index (χ4v) is 4.66. The molecule has 156 valence electrons. The fraction of sp³-hybridized carbons (Fsp3) is 0.409. The number of rotatable bonds is 5. The first kappa shape index (κ1) is 19.2. The van der Waals surface area contributed by atoms with E-state index in [0.717, 1.165) is 61.5 Å². The van der Waals surface area contributed by atoms with Gasteiger partial charge in [-0.3, -0.25) is 14.6 Å². The van der Waals surface area contributed by atoms with E-state index < -0.39 is 0 Å². The minimum atomic E-state index is -0.282. The van der Waals surface area contributed by atoms with Crippen molar-refractivity contribution in [1.29, 1.82) is 0 Å². The third-order valence-electron chi connectivity index (χ3n) is 6.00. The van der Waals surface area contributed by atoms with E-state index in [9.17, 15) is 4.79 Å². The van der Waals surface area contributed by atoms with Crippen molar-refractivity contribution in [2.75, 3.05) is 39.3 Å². The standard InChI is InChI=1S/C22H26N6O2/c23-20(29)14-27-8-9-30-22(16-27)6-7-26(15-22)12-17-10-24-21-19(11-25-28(21)13-17)18-4-2-1-3-5-18/h1-5,10-11,13H,6-9,12,14-16H2,(H2,23,29). The molecule has 2 fully saturated rings. The molecule has 0 aliphatic carbocycles. The average Bonchev–Trinajstić information content (AvgIpc) is 3.32. The van der Waals surface area contributed by atoms with Crippen LogP contribution in [0.4, 0.5) is 0 Å². The zero-order valence-electron chi connectivity index (χ0n) is 16.9. The molecule has 8 nitrogen and oxygen atoms in total. The SMILES string of the molecule is NC(=O)CN1CCOC2(CCN(Cc3cnc4c(-c5ccccc5)cnn4c3)C2)C1. The maximum Gasteiger partial charge on any atom is 0.231 e. The molecular weight excluding hydrogens is 380 g/mol. The van der Waals surface area contributed by atoms with Gasteiger partial charge in [0.1, 0.15) is 0 Å². The predicted octanol–water partition coefficient (Wildman–Crippen LogP) is 1.16. The van der Waals surface area contributed by atoms with E-state index in [2.05, 4.69) is 33.2 Å². The number of hydrogen-bond acceptors (Lipinski definition) is 6. The number of carbonyl (C=O) groups is 1. The summed E-state index contributed by atoms with van der Waals surface area (Å²) < 4.78 is 8.02. The Hall–Kier alpha value is -2.81. The highest BCUT2D eigenvalue weighted by molar-refractivity contribution is 5.76. The molecule has 3 aromatic rings. The van der Waals surface area contributed by atoms with Gasteiger partial charge in [-0.15, -0.1) is 0 Å². The third-order valence-corrected chi connectivity index (χ3v) is 6.00. The number of likely N-dealkylation sites (tertiary alicyclic amines) is 1. The van der Waals surface area contributed by atoms with Crippen LogP contribution in [0, 0.1) is 0 Å². The zero-order chi connectivity index (χ0) is 20.6. The number of hydrogen-bond donors (Lipinski definition) is 1. The number of carbonyl (C=O) groups excluding carboxylic acids is 1. The molecule has 2 saturated heterocycles. The van der Waals surface area contributed by atoms with Crippen LogP contribution in [0.15, 0.2) is 48.9 Å². The Bertz CT molecular complexity index is 1050. The lowest BCUT2D eigenvalue weighted by Gasteiger charge is -2.40. The average molecular weight is 406 g/mol. The zero-order valence-corrected chi connectivity index (χ0v) is 16.9. The van der Waals surface area contributed by atoms with Gasteiger partial charge < -0.3 is 10.5 Å². The first-order valence-electron chi connectivity index (χ1n) is 10.3. The monoisotopic (exact) mass is 406 g/mol. The van der Waals surface area contributed by atoms with Gasteiger partial charge in [-0.2, -0.15) is 5.10 Å². The first-order chi connectivity index (χ1) is 14.6. The molecule has 0 radical (unpaired) electrons. The van der Waals surface area contributed by atoms with E-state index in [-0.39, 0.29) is 11.5 Å². The molecule has 1 aromatic carbocycles. The van der Waals surface area contributed by atoms with Crippen LogP contribution in [0.3, 0.4) is 0 Å². The summed E-state index contributed by atoms with van der Waals surface area (Å²) in [6.07, 6.45) is 6.82. The number of ether oxygens (including phenoxy) is 1. The summed E-state index contributed by atoms with van der Waals surface area (Å²) in [5.74, 6) is -0.282. The normalized spacial score (nSPS) is 22.8. The molecular formula is C22H26N6O2. The molecule has 5 rings (SSSR count). The van der Waals surface area contributed by atoms with E-state index in [0.29, 0.717) is 13.2 Å². The van der Waals surface area contributed by atoms with Crippen LogP contribution < -0.4 is 5.73 Å². The fourth-order valence-electron chi connectivity index (χ4n) is 4.66. The molecule has 4 heterocycles. The van der Waals surface area contributed by atoms with Crippen molar-refractivity contribution in [3.8, 4) is 11.1 Å². The summed E-state index contributed by atoms with van der Waals surface area (Å²) in [5.41, 5.74) is 9.30. The van der Waals surface area contributed by atoms with Gasteiger partial charge in [-0.05, 0) is 12.0 Å². The van der Waals surface area contributed by atoms with Crippen LogP contribution in [-0.4, -0.2) is 75.2 Å². The lowest BCUT2D eigenvalue weighted by Crippen LogP contribution is -2.54. The van der Waals surface area contributed by atoms with E-state index in [1.807, 2.05) is 35.1 Å². The second-order valence-corrected chi connectivity index (χ2v) is 8.32. The molecule has 0 bridgehead atoms. The molecule has 1 unspecified atom stereocenters. The Labute approximate surface area is 175 Å². The highest BCUT2D eigenvalue weighted by atomic mass is 16.5. The summed E-state index contributed by atoms with van der Waals surface area (Å²) >= 11 is 0. The first-order valence-corrected chi connectivity index (χ1v) is 10.3. The van der Waals surface area contributed by atoms with Gasteiger partial charge in [0.2, 0.25) is 5.91 Å². The number of nitrogens with two attached hydrogens (primary N) is 1. The Morgan fingerprint density at radius 1 is 1.13 bits per heavy atom. The van der Waals surface area contributed by atoms with Crippen LogP contribution >= 0.6 is 0 Å². The minimum absolute atomic E-state index is 0.211. The van der Waals surface area contributed by atoms with Gasteiger partial charge >= 0.3 is 0 Å². The van der Waals surface area contributed by atoms with Crippen molar-refractivity contribution in [2.45, 2.75) is 18.6 Å². The number of amides is 1. The van der Waals surface area contributed by atoms with E-state index >= 15 is 0 Å². The van der Waals surface area contributed by atoms with Crippen molar-refractivity contribution in [2.24, 2.45) is 5.73 Å². The maximum atomic E-state index is 11.3. The molecule has 2 aliphatic rings. The Morgan fingerprint density at radius 3 is 2.80 bits per heavy atom. The molecule has 30 heavy (non-hydrogen) atoms. The molecule has 2 aromatic heterocycles. The van der Waals surface area contributed by atoms with Crippen LogP contribution in [0.5, 0.6) is 0 Å². The van der Waals surface area contributed by atoms with Crippen molar-refractivity contribution in [3.63, 3.8) is 0 Å². The van der Waals surface area contributed by atoms with Crippen LogP contribution in [0.25, 0.3) is 16.8 Å². The molecule has 1 amide bonds.